The first-order chi connectivity index (χ1) is 15.7. The summed E-state index contributed by atoms with van der Waals surface area (Å²) in [4.78, 5) is 17.1. The molecule has 8 heteroatoms. The molecule has 1 aliphatic heterocycles. The summed E-state index contributed by atoms with van der Waals surface area (Å²) >= 11 is 1.38. The Hall–Kier alpha value is -3.10. The maximum absolute atomic E-state index is 12.6. The lowest BCUT2D eigenvalue weighted by Crippen LogP contribution is -2.23. The van der Waals surface area contributed by atoms with Gasteiger partial charge in [0.15, 0.2) is 11.5 Å². The Bertz CT molecular complexity index is 1040. The molecular formula is C24H26N2O5S. The zero-order valence-electron chi connectivity index (χ0n) is 18.1. The summed E-state index contributed by atoms with van der Waals surface area (Å²) in [5.41, 5.74) is 2.13. The Morgan fingerprint density at radius 2 is 2.03 bits per heavy atom. The Morgan fingerprint density at radius 3 is 2.75 bits per heavy atom. The van der Waals surface area contributed by atoms with Gasteiger partial charge in [-0.3, -0.25) is 4.79 Å². The summed E-state index contributed by atoms with van der Waals surface area (Å²) in [7, 11) is 3.17. The van der Waals surface area contributed by atoms with Gasteiger partial charge in [-0.2, -0.15) is 0 Å². The second kappa shape index (κ2) is 10.5. The number of nitrogens with zero attached hydrogens (tertiary/aromatic N) is 1. The molecule has 7 nitrogen and oxygen atoms in total. The van der Waals surface area contributed by atoms with Crippen LogP contribution < -0.4 is 19.5 Å². The van der Waals surface area contributed by atoms with Gasteiger partial charge in [0.25, 0.3) is 5.91 Å². The minimum absolute atomic E-state index is 0.189. The van der Waals surface area contributed by atoms with E-state index in [2.05, 4.69) is 10.3 Å². The van der Waals surface area contributed by atoms with Crippen LogP contribution in [0.25, 0.3) is 10.6 Å². The number of methoxy groups -OCH3 is 2. The van der Waals surface area contributed by atoms with Gasteiger partial charge in [0.05, 0.1) is 25.9 Å². The normalized spacial score (nSPS) is 15.4. The lowest BCUT2D eigenvalue weighted by atomic mass is 10.2. The molecule has 1 aliphatic rings. The number of carbonyl (C=O) groups excluding carboxylic acids is 1. The molecular weight excluding hydrogens is 428 g/mol. The first kappa shape index (κ1) is 22.1. The van der Waals surface area contributed by atoms with Gasteiger partial charge >= 0.3 is 0 Å². The van der Waals surface area contributed by atoms with E-state index in [9.17, 15) is 4.79 Å². The van der Waals surface area contributed by atoms with Crippen LogP contribution in [0.15, 0.2) is 47.8 Å². The third-order valence-electron chi connectivity index (χ3n) is 5.21. The second-order valence-electron chi connectivity index (χ2n) is 7.35. The van der Waals surface area contributed by atoms with Crippen LogP contribution in [0.1, 0.15) is 28.9 Å². The Morgan fingerprint density at radius 1 is 1.19 bits per heavy atom. The highest BCUT2D eigenvalue weighted by Gasteiger charge is 2.18. The number of hydrogen-bond donors (Lipinski definition) is 1. The van der Waals surface area contributed by atoms with Crippen LogP contribution in [0.3, 0.4) is 0 Å². The van der Waals surface area contributed by atoms with Crippen molar-refractivity contribution in [2.75, 3.05) is 27.4 Å². The molecule has 1 aromatic heterocycles. The van der Waals surface area contributed by atoms with Crippen molar-refractivity contribution in [1.82, 2.24) is 10.3 Å². The number of carbonyl (C=O) groups is 1. The average molecular weight is 455 g/mol. The topological polar surface area (TPSA) is 78.9 Å². The summed E-state index contributed by atoms with van der Waals surface area (Å²) in [6, 6.07) is 13.3. The highest BCUT2D eigenvalue weighted by Crippen LogP contribution is 2.38. The first-order valence-electron chi connectivity index (χ1n) is 10.5. The monoisotopic (exact) mass is 454 g/mol. The van der Waals surface area contributed by atoms with E-state index in [0.717, 1.165) is 36.3 Å². The lowest BCUT2D eigenvalue weighted by Gasteiger charge is -2.12. The minimum atomic E-state index is -0.229. The van der Waals surface area contributed by atoms with Crippen LogP contribution in [0.4, 0.5) is 0 Å². The van der Waals surface area contributed by atoms with Crippen molar-refractivity contribution < 1.29 is 23.7 Å². The van der Waals surface area contributed by atoms with E-state index in [4.69, 9.17) is 18.9 Å². The molecule has 3 aromatic rings. The maximum atomic E-state index is 12.6. The molecule has 4 rings (SSSR count). The Kier molecular flexibility index (Phi) is 7.24. The van der Waals surface area contributed by atoms with Crippen LogP contribution in [0, 0.1) is 0 Å². The molecule has 1 fully saturated rings. The fourth-order valence-corrected chi connectivity index (χ4v) is 4.32. The minimum Gasteiger partial charge on any atom is -0.493 e. The summed E-state index contributed by atoms with van der Waals surface area (Å²) in [6.07, 6.45) is 2.33. The zero-order valence-corrected chi connectivity index (χ0v) is 18.9. The van der Waals surface area contributed by atoms with Gasteiger partial charge in [0.1, 0.15) is 23.1 Å². The fourth-order valence-electron chi connectivity index (χ4n) is 3.50. The maximum Gasteiger partial charge on any atom is 0.271 e. The number of para-hydroxylation sites is 1. The van der Waals surface area contributed by atoms with Crippen molar-refractivity contribution in [2.45, 2.75) is 25.5 Å². The molecule has 1 amide bonds. The third kappa shape index (κ3) is 5.20. The number of nitrogens with one attached hydrogen (secondary N) is 1. The third-order valence-corrected chi connectivity index (χ3v) is 6.08. The Labute approximate surface area is 191 Å². The molecule has 0 bridgehead atoms. The zero-order chi connectivity index (χ0) is 22.3. The molecule has 1 unspecified atom stereocenters. The van der Waals surface area contributed by atoms with Crippen molar-refractivity contribution in [3.8, 4) is 27.8 Å². The number of aromatic nitrogens is 1. The van der Waals surface area contributed by atoms with E-state index >= 15 is 0 Å². The van der Waals surface area contributed by atoms with E-state index in [1.165, 1.54) is 11.3 Å². The van der Waals surface area contributed by atoms with E-state index in [0.29, 0.717) is 35.4 Å². The van der Waals surface area contributed by atoms with Crippen molar-refractivity contribution in [3.63, 3.8) is 0 Å². The molecule has 32 heavy (non-hydrogen) atoms. The van der Waals surface area contributed by atoms with E-state index in [1.807, 2.05) is 42.5 Å². The Balaban J connectivity index is 1.34. The predicted molar refractivity (Wildman–Crippen MR) is 123 cm³/mol. The summed E-state index contributed by atoms with van der Waals surface area (Å²) in [6.45, 7) is 1.79. The summed E-state index contributed by atoms with van der Waals surface area (Å²) < 4.78 is 22.2. The van der Waals surface area contributed by atoms with Gasteiger partial charge in [-0.25, -0.2) is 4.98 Å². The molecule has 0 saturated carbocycles. The van der Waals surface area contributed by atoms with Crippen LogP contribution >= 0.6 is 11.3 Å². The van der Waals surface area contributed by atoms with Gasteiger partial charge in [-0.15, -0.1) is 11.3 Å². The lowest BCUT2D eigenvalue weighted by molar-refractivity contribution is 0.0679. The van der Waals surface area contributed by atoms with Crippen LogP contribution in [0.5, 0.6) is 17.2 Å². The number of benzene rings is 2. The molecule has 0 spiro atoms. The highest BCUT2D eigenvalue weighted by molar-refractivity contribution is 7.13. The largest absolute Gasteiger partial charge is 0.493 e. The van der Waals surface area contributed by atoms with E-state index < -0.39 is 0 Å². The van der Waals surface area contributed by atoms with Crippen LogP contribution in [-0.2, 0) is 11.3 Å². The quantitative estimate of drug-likeness (QED) is 0.519. The number of hydrogen-bond acceptors (Lipinski definition) is 7. The SMILES string of the molecule is COc1cccc(-c2nc(C(=O)NCc3ccc(OCC4CCCO4)cc3)cs2)c1OC. The number of ether oxygens (including phenoxy) is 4. The smallest absolute Gasteiger partial charge is 0.271 e. The molecule has 2 aromatic carbocycles. The van der Waals surface area contributed by atoms with Gasteiger partial charge in [-0.1, -0.05) is 18.2 Å². The van der Waals surface area contributed by atoms with Crippen molar-refractivity contribution >= 4 is 17.2 Å². The molecule has 0 aliphatic carbocycles. The molecule has 0 radical (unpaired) electrons. The van der Waals surface area contributed by atoms with E-state index in [1.54, 1.807) is 19.6 Å². The fraction of sp³-hybridized carbons (Fsp3) is 0.333. The second-order valence-corrected chi connectivity index (χ2v) is 8.21. The standard InChI is InChI=1S/C24H26N2O5S/c1-28-21-7-3-6-19(22(21)29-2)24-26-20(15-32-24)23(27)25-13-16-8-10-17(11-9-16)31-14-18-5-4-12-30-18/h3,6-11,15,18H,4-5,12-14H2,1-2H3,(H,25,27). The predicted octanol–water partition coefficient (Wildman–Crippen LogP) is 4.32. The highest BCUT2D eigenvalue weighted by atomic mass is 32.1. The van der Waals surface area contributed by atoms with Gasteiger partial charge in [0, 0.05) is 18.5 Å². The number of amides is 1. The molecule has 1 atom stereocenters. The van der Waals surface area contributed by atoms with Gasteiger partial charge < -0.3 is 24.3 Å². The van der Waals surface area contributed by atoms with Crippen molar-refractivity contribution in [1.29, 1.82) is 0 Å². The number of thiazole rings is 1. The van der Waals surface area contributed by atoms with Gasteiger partial charge in [-0.05, 0) is 42.7 Å². The number of rotatable bonds is 9. The summed E-state index contributed by atoms with van der Waals surface area (Å²) in [5, 5.41) is 5.35. The molecule has 1 saturated heterocycles. The molecule has 1 N–H and O–H groups in total. The average Bonchev–Trinajstić information content (AvgIpc) is 3.54. The van der Waals surface area contributed by atoms with Crippen LogP contribution in [-0.4, -0.2) is 44.4 Å². The molecule has 168 valence electrons. The van der Waals surface area contributed by atoms with Crippen molar-refractivity contribution in [3.05, 3.63) is 59.1 Å². The summed E-state index contributed by atoms with van der Waals surface area (Å²) in [5.74, 6) is 1.78. The first-order valence-corrected chi connectivity index (χ1v) is 11.3. The van der Waals surface area contributed by atoms with E-state index in [-0.39, 0.29) is 12.0 Å². The van der Waals surface area contributed by atoms with Gasteiger partial charge in [0.2, 0.25) is 0 Å². The van der Waals surface area contributed by atoms with Crippen molar-refractivity contribution in [2.24, 2.45) is 0 Å². The van der Waals surface area contributed by atoms with Crippen LogP contribution in [0.2, 0.25) is 0 Å². The molecule has 2 heterocycles.